The summed E-state index contributed by atoms with van der Waals surface area (Å²) in [6.45, 7) is 3.00. The van der Waals surface area contributed by atoms with Crippen molar-refractivity contribution >= 4 is 0 Å². The molecule has 8 heteroatoms. The lowest BCUT2D eigenvalue weighted by molar-refractivity contribution is -0.00112. The molecule has 5 rings (SSSR count). The van der Waals surface area contributed by atoms with Crippen molar-refractivity contribution in [2.45, 2.75) is 32.6 Å². The first-order valence-corrected chi connectivity index (χ1v) is 9.33. The zero-order chi connectivity index (χ0) is 19.8. The Bertz CT molecular complexity index is 1130. The summed E-state index contributed by atoms with van der Waals surface area (Å²) in [6, 6.07) is 14.5. The first-order chi connectivity index (χ1) is 14.2. The van der Waals surface area contributed by atoms with Crippen LogP contribution in [0.4, 0.5) is 4.39 Å². The number of fused-ring (bicyclic) bond motifs is 1. The molecule has 7 nitrogen and oxygen atoms in total. The Morgan fingerprint density at radius 1 is 1.10 bits per heavy atom. The molecule has 2 aromatic carbocycles. The van der Waals surface area contributed by atoms with E-state index in [0.717, 1.165) is 16.8 Å². The molecular weight excluding hydrogens is 373 g/mol. The molecule has 0 aliphatic carbocycles. The molecule has 0 amide bonds. The van der Waals surface area contributed by atoms with Crippen LogP contribution in [0.2, 0.25) is 0 Å². The summed E-state index contributed by atoms with van der Waals surface area (Å²) in [7, 11) is 0. The molecule has 0 radical (unpaired) electrons. The number of hydrogen-bond acceptors (Lipinski definition) is 6. The van der Waals surface area contributed by atoms with Crippen LogP contribution in [-0.2, 0) is 24.3 Å². The predicted octanol–water partition coefficient (Wildman–Crippen LogP) is 3.64. The fourth-order valence-electron chi connectivity index (χ4n) is 3.37. The van der Waals surface area contributed by atoms with Crippen LogP contribution >= 0.6 is 0 Å². The van der Waals surface area contributed by atoms with Crippen molar-refractivity contribution in [2.24, 2.45) is 0 Å². The summed E-state index contributed by atoms with van der Waals surface area (Å²) in [4.78, 5) is 4.42. The van der Waals surface area contributed by atoms with Gasteiger partial charge in [0.05, 0.1) is 25.3 Å². The van der Waals surface area contributed by atoms with Gasteiger partial charge in [0.1, 0.15) is 11.9 Å². The quantitative estimate of drug-likeness (QED) is 0.529. The van der Waals surface area contributed by atoms with E-state index in [0.29, 0.717) is 37.0 Å². The minimum Gasteiger partial charge on any atom is -0.365 e. The molecule has 0 saturated heterocycles. The normalized spacial score (nSPS) is 16.0. The van der Waals surface area contributed by atoms with Gasteiger partial charge in [0.15, 0.2) is 5.69 Å². The van der Waals surface area contributed by atoms with Crippen LogP contribution in [0.1, 0.15) is 34.4 Å². The number of halogens is 1. The maximum Gasteiger partial charge on any atom is 0.231 e. The Kier molecular flexibility index (Phi) is 4.40. The van der Waals surface area contributed by atoms with E-state index >= 15 is 0 Å². The molecule has 146 valence electrons. The average Bonchev–Trinajstić information content (AvgIpc) is 3.36. The van der Waals surface area contributed by atoms with Crippen LogP contribution in [0.3, 0.4) is 0 Å². The third kappa shape index (κ3) is 3.54. The zero-order valence-electron chi connectivity index (χ0n) is 15.7. The van der Waals surface area contributed by atoms with Gasteiger partial charge in [-0.2, -0.15) is 4.98 Å². The number of benzene rings is 2. The van der Waals surface area contributed by atoms with Crippen molar-refractivity contribution in [2.75, 3.05) is 0 Å². The molecule has 0 N–H and O–H groups in total. The second-order valence-corrected chi connectivity index (χ2v) is 7.09. The SMILES string of the molecule is Cc1ccc([C@@H]2Cn3nnc(-c4noc(Cc5ccc(F)cc5)n4)c3CO2)cc1. The summed E-state index contributed by atoms with van der Waals surface area (Å²) in [5, 5.41) is 12.5. The van der Waals surface area contributed by atoms with Gasteiger partial charge in [0.2, 0.25) is 11.7 Å². The fraction of sp³-hybridized carbons (Fsp3) is 0.238. The molecule has 1 aliphatic rings. The van der Waals surface area contributed by atoms with Crippen molar-refractivity contribution in [1.82, 2.24) is 25.1 Å². The zero-order valence-corrected chi connectivity index (χ0v) is 15.7. The maximum absolute atomic E-state index is 13.0. The Morgan fingerprint density at radius 3 is 2.69 bits per heavy atom. The van der Waals surface area contributed by atoms with E-state index in [4.69, 9.17) is 9.26 Å². The molecule has 0 unspecified atom stereocenters. The fourth-order valence-corrected chi connectivity index (χ4v) is 3.37. The Hall–Kier alpha value is -3.39. The van der Waals surface area contributed by atoms with E-state index in [1.807, 2.05) is 4.68 Å². The molecule has 0 saturated carbocycles. The number of aryl methyl sites for hydroxylation is 1. The summed E-state index contributed by atoms with van der Waals surface area (Å²) < 4.78 is 26.3. The van der Waals surface area contributed by atoms with Gasteiger partial charge >= 0.3 is 0 Å². The summed E-state index contributed by atoms with van der Waals surface area (Å²) in [5.41, 5.74) is 4.58. The summed E-state index contributed by atoms with van der Waals surface area (Å²) in [5.74, 6) is 0.531. The third-order valence-corrected chi connectivity index (χ3v) is 5.00. The molecule has 1 atom stereocenters. The monoisotopic (exact) mass is 391 g/mol. The number of hydrogen-bond donors (Lipinski definition) is 0. The van der Waals surface area contributed by atoms with Gasteiger partial charge < -0.3 is 9.26 Å². The van der Waals surface area contributed by atoms with Crippen LogP contribution in [0.25, 0.3) is 11.5 Å². The first-order valence-electron chi connectivity index (χ1n) is 9.33. The molecule has 4 aromatic rings. The largest absolute Gasteiger partial charge is 0.365 e. The van der Waals surface area contributed by atoms with E-state index < -0.39 is 0 Å². The maximum atomic E-state index is 13.0. The lowest BCUT2D eigenvalue weighted by Gasteiger charge is -2.24. The third-order valence-electron chi connectivity index (χ3n) is 5.00. The lowest BCUT2D eigenvalue weighted by atomic mass is 10.1. The number of nitrogens with zero attached hydrogens (tertiary/aromatic N) is 5. The average molecular weight is 391 g/mol. The Labute approximate surface area is 166 Å². The molecule has 1 aliphatic heterocycles. The van der Waals surface area contributed by atoms with Crippen LogP contribution in [0.15, 0.2) is 53.1 Å². The van der Waals surface area contributed by atoms with Crippen molar-refractivity contribution in [3.05, 3.63) is 82.6 Å². The molecule has 3 heterocycles. The van der Waals surface area contributed by atoms with E-state index in [9.17, 15) is 4.39 Å². The van der Waals surface area contributed by atoms with Crippen molar-refractivity contribution < 1.29 is 13.7 Å². The van der Waals surface area contributed by atoms with Crippen LogP contribution in [-0.4, -0.2) is 25.1 Å². The number of ether oxygens (including phenoxy) is 1. The number of rotatable bonds is 4. The Balaban J connectivity index is 1.34. The molecule has 0 spiro atoms. The highest BCUT2D eigenvalue weighted by Crippen LogP contribution is 2.30. The minimum atomic E-state index is -0.278. The first kappa shape index (κ1) is 17.7. The van der Waals surface area contributed by atoms with E-state index in [2.05, 4.69) is 51.6 Å². The molecule has 29 heavy (non-hydrogen) atoms. The highest BCUT2D eigenvalue weighted by Gasteiger charge is 2.27. The molecule has 0 bridgehead atoms. The molecular formula is C21H18FN5O2. The van der Waals surface area contributed by atoms with Gasteiger partial charge in [0, 0.05) is 0 Å². The van der Waals surface area contributed by atoms with Crippen LogP contribution in [0, 0.1) is 12.7 Å². The summed E-state index contributed by atoms with van der Waals surface area (Å²) in [6.07, 6.45) is 0.347. The van der Waals surface area contributed by atoms with Crippen LogP contribution < -0.4 is 0 Å². The second-order valence-electron chi connectivity index (χ2n) is 7.09. The van der Waals surface area contributed by atoms with Crippen molar-refractivity contribution in [1.29, 1.82) is 0 Å². The van der Waals surface area contributed by atoms with Gasteiger partial charge in [-0.25, -0.2) is 9.07 Å². The second kappa shape index (κ2) is 7.21. The topological polar surface area (TPSA) is 78.9 Å². The van der Waals surface area contributed by atoms with Gasteiger partial charge in [-0.05, 0) is 30.2 Å². The van der Waals surface area contributed by atoms with Crippen molar-refractivity contribution in [3.63, 3.8) is 0 Å². The molecule has 0 fully saturated rings. The van der Waals surface area contributed by atoms with E-state index in [1.54, 1.807) is 12.1 Å². The Morgan fingerprint density at radius 2 is 1.90 bits per heavy atom. The minimum absolute atomic E-state index is 0.0723. The predicted molar refractivity (Wildman–Crippen MR) is 101 cm³/mol. The van der Waals surface area contributed by atoms with E-state index in [-0.39, 0.29) is 11.9 Å². The highest BCUT2D eigenvalue weighted by atomic mass is 19.1. The number of aromatic nitrogens is 5. The van der Waals surface area contributed by atoms with Gasteiger partial charge in [-0.15, -0.1) is 5.10 Å². The van der Waals surface area contributed by atoms with Gasteiger partial charge in [0.25, 0.3) is 0 Å². The lowest BCUT2D eigenvalue weighted by Crippen LogP contribution is -2.22. The standard InChI is InChI=1S/C21H18FN5O2/c1-13-2-6-15(7-3-13)18-11-27-17(12-28-18)20(24-26-27)21-23-19(29-25-21)10-14-4-8-16(22)9-5-14/h2-9,18H,10-12H2,1H3/t18-/m0/s1. The van der Waals surface area contributed by atoms with Crippen LogP contribution in [0.5, 0.6) is 0 Å². The van der Waals surface area contributed by atoms with E-state index in [1.165, 1.54) is 17.7 Å². The van der Waals surface area contributed by atoms with Gasteiger partial charge in [-0.3, -0.25) is 0 Å². The smallest absolute Gasteiger partial charge is 0.231 e. The van der Waals surface area contributed by atoms with Crippen molar-refractivity contribution in [3.8, 4) is 11.5 Å². The summed E-state index contributed by atoms with van der Waals surface area (Å²) >= 11 is 0. The van der Waals surface area contributed by atoms with Gasteiger partial charge in [-0.1, -0.05) is 52.3 Å². The molecule has 2 aromatic heterocycles. The highest BCUT2D eigenvalue weighted by molar-refractivity contribution is 5.51.